The molecule has 0 spiro atoms. The van der Waals surface area contributed by atoms with Gasteiger partial charge in [0.05, 0.1) is 30.5 Å². The lowest BCUT2D eigenvalue weighted by Crippen LogP contribution is -1.96. The molecule has 0 aliphatic heterocycles. The molecule has 6 heteroatoms. The Balaban J connectivity index is 2.32. The van der Waals surface area contributed by atoms with E-state index < -0.39 is 8.60 Å². The van der Waals surface area contributed by atoms with Gasteiger partial charge in [0.1, 0.15) is 0 Å². The van der Waals surface area contributed by atoms with Gasteiger partial charge in [0.15, 0.2) is 0 Å². The largest absolute Gasteiger partial charge is 0.333 e. The molecule has 0 fully saturated rings. The maximum Gasteiger partial charge on any atom is 0.333 e. The minimum absolute atomic E-state index is 0.454. The molecule has 0 aliphatic rings. The fraction of sp³-hybridized carbons (Fsp3) is 0.667. The molecular formula is C9H16NO3PS. The number of aryl methyl sites for hydroxylation is 1. The van der Waals surface area contributed by atoms with Gasteiger partial charge in [-0.1, -0.05) is 0 Å². The highest BCUT2D eigenvalue weighted by molar-refractivity contribution is 7.41. The Morgan fingerprint density at radius 2 is 1.93 bits per heavy atom. The van der Waals surface area contributed by atoms with Crippen molar-refractivity contribution in [3.8, 4) is 0 Å². The number of thiazole rings is 1. The second-order valence-corrected chi connectivity index (χ2v) is 4.97. The minimum Gasteiger partial charge on any atom is -0.313 e. The fourth-order valence-electron chi connectivity index (χ4n) is 0.916. The van der Waals surface area contributed by atoms with Crippen molar-refractivity contribution in [2.45, 2.75) is 27.4 Å². The average molecular weight is 249 g/mol. The lowest BCUT2D eigenvalue weighted by Gasteiger charge is -2.13. The Labute approximate surface area is 95.6 Å². The van der Waals surface area contributed by atoms with E-state index in [-0.39, 0.29) is 0 Å². The predicted octanol–water partition coefficient (Wildman–Crippen LogP) is 3.27. The first kappa shape index (κ1) is 13.0. The molecule has 0 saturated heterocycles. The summed E-state index contributed by atoms with van der Waals surface area (Å²) in [4.78, 5) is 4.30. The summed E-state index contributed by atoms with van der Waals surface area (Å²) in [6.45, 7) is 7.47. The molecule has 1 rings (SSSR count). The average Bonchev–Trinajstić information content (AvgIpc) is 2.61. The molecular weight excluding hydrogens is 233 g/mol. The summed E-state index contributed by atoms with van der Waals surface area (Å²) in [5.41, 5.74) is 0.935. The van der Waals surface area contributed by atoms with Crippen LogP contribution in [0.1, 0.15) is 24.5 Å². The van der Waals surface area contributed by atoms with Crippen LogP contribution in [0.2, 0.25) is 0 Å². The third-order valence-corrected chi connectivity index (χ3v) is 3.55. The molecule has 1 heterocycles. The van der Waals surface area contributed by atoms with Crippen molar-refractivity contribution >= 4 is 19.9 Å². The Hall–Kier alpha value is -0.0600. The fourth-order valence-corrected chi connectivity index (χ4v) is 2.40. The normalized spacial score (nSPS) is 11.2. The molecule has 0 radical (unpaired) electrons. The van der Waals surface area contributed by atoms with Gasteiger partial charge in [-0.05, 0) is 20.8 Å². The highest BCUT2D eigenvalue weighted by Crippen LogP contribution is 2.40. The van der Waals surface area contributed by atoms with Gasteiger partial charge in [-0.3, -0.25) is 0 Å². The SMILES string of the molecule is CCOP(OCC)OCc1csc(C)n1. The standard InChI is InChI=1S/C9H16NO3PS/c1-4-11-14(12-5-2)13-6-9-7-15-8(3)10-9/h7H,4-6H2,1-3H3. The molecule has 1 aromatic rings. The van der Waals surface area contributed by atoms with Gasteiger partial charge in [0, 0.05) is 5.38 Å². The van der Waals surface area contributed by atoms with E-state index in [1.807, 2.05) is 26.2 Å². The minimum atomic E-state index is -1.21. The molecule has 0 N–H and O–H groups in total. The summed E-state index contributed by atoms with van der Waals surface area (Å²) in [5, 5.41) is 3.03. The molecule has 1 aromatic heterocycles. The van der Waals surface area contributed by atoms with E-state index >= 15 is 0 Å². The zero-order chi connectivity index (χ0) is 11.1. The number of hydrogen-bond donors (Lipinski definition) is 0. The number of hydrogen-bond acceptors (Lipinski definition) is 5. The predicted molar refractivity (Wildman–Crippen MR) is 61.8 cm³/mol. The van der Waals surface area contributed by atoms with Gasteiger partial charge in [-0.15, -0.1) is 11.3 Å². The van der Waals surface area contributed by atoms with Crippen LogP contribution in [0, 0.1) is 6.92 Å². The lowest BCUT2D eigenvalue weighted by molar-refractivity contribution is 0.163. The van der Waals surface area contributed by atoms with Crippen LogP contribution in [0.4, 0.5) is 0 Å². The Bertz CT molecular complexity index is 276. The summed E-state index contributed by atoms with van der Waals surface area (Å²) in [5.74, 6) is 0. The van der Waals surface area contributed by atoms with Crippen LogP contribution in [-0.2, 0) is 20.2 Å². The van der Waals surface area contributed by atoms with Crippen LogP contribution < -0.4 is 0 Å². The molecule has 0 atom stereocenters. The lowest BCUT2D eigenvalue weighted by atomic mass is 10.5. The molecule has 0 bridgehead atoms. The third kappa shape index (κ3) is 5.00. The second-order valence-electron chi connectivity index (χ2n) is 2.69. The summed E-state index contributed by atoms with van der Waals surface area (Å²) in [7, 11) is -1.21. The van der Waals surface area contributed by atoms with Crippen LogP contribution in [0.3, 0.4) is 0 Å². The van der Waals surface area contributed by atoms with E-state index in [2.05, 4.69) is 4.98 Å². The van der Waals surface area contributed by atoms with Crippen molar-refractivity contribution in [2.75, 3.05) is 13.2 Å². The first-order valence-electron chi connectivity index (χ1n) is 4.86. The van der Waals surface area contributed by atoms with Gasteiger partial charge in [-0.25, -0.2) is 4.98 Å². The number of aromatic nitrogens is 1. The summed E-state index contributed by atoms with van der Waals surface area (Å²) < 4.78 is 16.1. The van der Waals surface area contributed by atoms with Crippen LogP contribution in [0.15, 0.2) is 5.38 Å². The van der Waals surface area contributed by atoms with E-state index in [1.54, 1.807) is 11.3 Å². The van der Waals surface area contributed by atoms with Crippen LogP contribution in [0.5, 0.6) is 0 Å². The van der Waals surface area contributed by atoms with E-state index in [1.165, 1.54) is 0 Å². The van der Waals surface area contributed by atoms with Gasteiger partial charge in [-0.2, -0.15) is 0 Å². The van der Waals surface area contributed by atoms with Gasteiger partial charge in [0.2, 0.25) is 0 Å². The quantitative estimate of drug-likeness (QED) is 0.695. The zero-order valence-electron chi connectivity index (χ0n) is 9.23. The molecule has 0 aromatic carbocycles. The van der Waals surface area contributed by atoms with Gasteiger partial charge in [0.25, 0.3) is 0 Å². The highest BCUT2D eigenvalue weighted by Gasteiger charge is 2.11. The Kier molecular flexibility index (Phi) is 6.29. The second kappa shape index (κ2) is 7.25. The zero-order valence-corrected chi connectivity index (χ0v) is 10.9. The van der Waals surface area contributed by atoms with Crippen molar-refractivity contribution in [2.24, 2.45) is 0 Å². The Morgan fingerprint density at radius 1 is 1.27 bits per heavy atom. The van der Waals surface area contributed by atoms with Crippen molar-refractivity contribution in [1.29, 1.82) is 0 Å². The monoisotopic (exact) mass is 249 g/mol. The summed E-state index contributed by atoms with van der Waals surface area (Å²) >= 11 is 1.62. The molecule has 86 valence electrons. The molecule has 0 aliphatic carbocycles. The number of nitrogens with zero attached hydrogens (tertiary/aromatic N) is 1. The first-order valence-corrected chi connectivity index (χ1v) is 6.83. The molecule has 4 nitrogen and oxygen atoms in total. The van der Waals surface area contributed by atoms with Crippen molar-refractivity contribution < 1.29 is 13.6 Å². The summed E-state index contributed by atoms with van der Waals surface area (Å²) in [6, 6.07) is 0. The van der Waals surface area contributed by atoms with Crippen molar-refractivity contribution in [3.63, 3.8) is 0 Å². The Morgan fingerprint density at radius 3 is 2.40 bits per heavy atom. The van der Waals surface area contributed by atoms with Gasteiger partial charge >= 0.3 is 8.60 Å². The summed E-state index contributed by atoms with van der Waals surface area (Å²) in [6.07, 6.45) is 0. The number of rotatable bonds is 7. The van der Waals surface area contributed by atoms with Crippen molar-refractivity contribution in [3.05, 3.63) is 16.1 Å². The van der Waals surface area contributed by atoms with Crippen LogP contribution in [0.25, 0.3) is 0 Å². The van der Waals surface area contributed by atoms with Crippen LogP contribution in [-0.4, -0.2) is 18.2 Å². The van der Waals surface area contributed by atoms with Crippen molar-refractivity contribution in [1.82, 2.24) is 4.98 Å². The molecule has 15 heavy (non-hydrogen) atoms. The molecule has 0 unspecified atom stereocenters. The van der Waals surface area contributed by atoms with Crippen LogP contribution >= 0.6 is 19.9 Å². The molecule has 0 saturated carbocycles. The van der Waals surface area contributed by atoms with Gasteiger partial charge < -0.3 is 13.6 Å². The third-order valence-electron chi connectivity index (χ3n) is 1.45. The maximum absolute atomic E-state index is 5.49. The van der Waals surface area contributed by atoms with E-state index in [0.29, 0.717) is 19.8 Å². The maximum atomic E-state index is 5.49. The van der Waals surface area contributed by atoms with E-state index in [9.17, 15) is 0 Å². The topological polar surface area (TPSA) is 40.6 Å². The van der Waals surface area contributed by atoms with E-state index in [0.717, 1.165) is 10.7 Å². The van der Waals surface area contributed by atoms with E-state index in [4.69, 9.17) is 13.6 Å². The molecule has 0 amide bonds. The highest BCUT2D eigenvalue weighted by atomic mass is 32.1. The smallest absolute Gasteiger partial charge is 0.313 e. The first-order chi connectivity index (χ1) is 7.26.